The van der Waals surface area contributed by atoms with Gasteiger partial charge in [-0.3, -0.25) is 9.78 Å². The Balaban J connectivity index is 2.47. The highest BCUT2D eigenvalue weighted by atomic mass is 16.4. The first-order valence-electron chi connectivity index (χ1n) is 6.29. The van der Waals surface area contributed by atoms with E-state index in [1.54, 1.807) is 6.20 Å². The molecule has 0 spiro atoms. The third-order valence-electron chi connectivity index (χ3n) is 3.09. The second kappa shape index (κ2) is 5.63. The summed E-state index contributed by atoms with van der Waals surface area (Å²) in [5.41, 5.74) is 1.93. The number of hydrogen-bond acceptors (Lipinski definition) is 2. The number of aryl methyl sites for hydroxylation is 1. The maximum absolute atomic E-state index is 10.9. The molecule has 0 aliphatic carbocycles. The number of carbonyl (C=O) groups is 1. The first kappa shape index (κ1) is 12.6. The Hall–Kier alpha value is -1.90. The molecule has 94 valence electrons. The van der Waals surface area contributed by atoms with E-state index in [9.17, 15) is 4.79 Å². The monoisotopic (exact) mass is 243 g/mol. The Morgan fingerprint density at radius 1 is 1.28 bits per heavy atom. The van der Waals surface area contributed by atoms with E-state index < -0.39 is 5.97 Å². The standard InChI is InChI=1S/C15H17NO2/c1-2-3-7-14-13-6-4-5-11(10-15(17)18)12(13)8-9-16-14/h4-6,8-9H,2-3,7,10H2,1H3,(H,17,18). The van der Waals surface area contributed by atoms with Gasteiger partial charge in [0, 0.05) is 17.3 Å². The summed E-state index contributed by atoms with van der Waals surface area (Å²) in [6.07, 6.45) is 5.03. The molecular weight excluding hydrogens is 226 g/mol. The molecule has 18 heavy (non-hydrogen) atoms. The molecule has 0 radical (unpaired) electrons. The summed E-state index contributed by atoms with van der Waals surface area (Å²) in [5.74, 6) is -0.797. The van der Waals surface area contributed by atoms with E-state index in [2.05, 4.69) is 11.9 Å². The molecular formula is C15H17NO2. The third kappa shape index (κ3) is 2.67. The molecule has 1 N–H and O–H groups in total. The minimum atomic E-state index is -0.797. The first-order valence-corrected chi connectivity index (χ1v) is 6.29. The zero-order valence-electron chi connectivity index (χ0n) is 10.5. The topological polar surface area (TPSA) is 50.2 Å². The number of rotatable bonds is 5. The van der Waals surface area contributed by atoms with Crippen LogP contribution in [0.5, 0.6) is 0 Å². The average molecular weight is 243 g/mol. The second-order valence-electron chi connectivity index (χ2n) is 4.44. The quantitative estimate of drug-likeness (QED) is 0.877. The van der Waals surface area contributed by atoms with E-state index in [-0.39, 0.29) is 6.42 Å². The van der Waals surface area contributed by atoms with E-state index >= 15 is 0 Å². The number of fused-ring (bicyclic) bond motifs is 1. The summed E-state index contributed by atoms with van der Waals surface area (Å²) < 4.78 is 0. The van der Waals surface area contributed by atoms with Crippen LogP contribution in [-0.4, -0.2) is 16.1 Å². The van der Waals surface area contributed by atoms with Crippen molar-refractivity contribution in [1.82, 2.24) is 4.98 Å². The smallest absolute Gasteiger partial charge is 0.307 e. The lowest BCUT2D eigenvalue weighted by Gasteiger charge is -2.08. The Morgan fingerprint density at radius 3 is 2.83 bits per heavy atom. The van der Waals surface area contributed by atoms with Crippen LogP contribution in [0.15, 0.2) is 30.5 Å². The summed E-state index contributed by atoms with van der Waals surface area (Å²) in [5, 5.41) is 11.0. The number of carboxylic acids is 1. The van der Waals surface area contributed by atoms with E-state index in [1.807, 2.05) is 24.3 Å². The van der Waals surface area contributed by atoms with Crippen molar-refractivity contribution in [3.8, 4) is 0 Å². The fourth-order valence-electron chi connectivity index (χ4n) is 2.19. The first-order chi connectivity index (χ1) is 8.72. The fraction of sp³-hybridized carbons (Fsp3) is 0.333. The lowest BCUT2D eigenvalue weighted by atomic mass is 10.00. The molecule has 1 heterocycles. The Kier molecular flexibility index (Phi) is 3.92. The zero-order chi connectivity index (χ0) is 13.0. The fourth-order valence-corrected chi connectivity index (χ4v) is 2.19. The van der Waals surface area contributed by atoms with Crippen LogP contribution in [-0.2, 0) is 17.6 Å². The molecule has 0 bridgehead atoms. The van der Waals surface area contributed by atoms with Gasteiger partial charge in [-0.15, -0.1) is 0 Å². The highest BCUT2D eigenvalue weighted by molar-refractivity contribution is 5.90. The molecule has 2 aromatic rings. The molecule has 3 heteroatoms. The molecule has 0 atom stereocenters. The molecule has 1 aromatic carbocycles. The molecule has 0 saturated heterocycles. The van der Waals surface area contributed by atoms with Crippen LogP contribution in [0, 0.1) is 0 Å². The zero-order valence-corrected chi connectivity index (χ0v) is 10.5. The molecule has 0 amide bonds. The number of benzene rings is 1. The van der Waals surface area contributed by atoms with Crippen LogP contribution in [0.2, 0.25) is 0 Å². The van der Waals surface area contributed by atoms with Gasteiger partial charge < -0.3 is 5.11 Å². The summed E-state index contributed by atoms with van der Waals surface area (Å²) in [7, 11) is 0. The van der Waals surface area contributed by atoms with Crippen LogP contribution in [0.3, 0.4) is 0 Å². The van der Waals surface area contributed by atoms with Gasteiger partial charge in [-0.1, -0.05) is 31.5 Å². The average Bonchev–Trinajstić information content (AvgIpc) is 2.36. The van der Waals surface area contributed by atoms with Crippen molar-refractivity contribution in [3.63, 3.8) is 0 Å². The van der Waals surface area contributed by atoms with Crippen LogP contribution >= 0.6 is 0 Å². The van der Waals surface area contributed by atoms with Gasteiger partial charge in [0.05, 0.1) is 6.42 Å². The van der Waals surface area contributed by atoms with E-state index in [4.69, 9.17) is 5.11 Å². The van der Waals surface area contributed by atoms with Crippen LogP contribution in [0.4, 0.5) is 0 Å². The molecule has 0 aliphatic rings. The van der Waals surface area contributed by atoms with Gasteiger partial charge in [-0.05, 0) is 29.9 Å². The van der Waals surface area contributed by atoms with Crippen molar-refractivity contribution in [2.24, 2.45) is 0 Å². The van der Waals surface area contributed by atoms with Crippen LogP contribution in [0.25, 0.3) is 10.8 Å². The predicted octanol–water partition coefficient (Wildman–Crippen LogP) is 3.20. The largest absolute Gasteiger partial charge is 0.481 e. The number of aliphatic carboxylic acids is 1. The van der Waals surface area contributed by atoms with E-state index in [1.165, 1.54) is 0 Å². The van der Waals surface area contributed by atoms with Crippen molar-refractivity contribution >= 4 is 16.7 Å². The molecule has 0 saturated carbocycles. The maximum Gasteiger partial charge on any atom is 0.307 e. The van der Waals surface area contributed by atoms with Crippen molar-refractivity contribution in [1.29, 1.82) is 0 Å². The number of hydrogen-bond donors (Lipinski definition) is 1. The lowest BCUT2D eigenvalue weighted by molar-refractivity contribution is -0.136. The molecule has 2 rings (SSSR count). The molecule has 1 aromatic heterocycles. The Morgan fingerprint density at radius 2 is 2.11 bits per heavy atom. The van der Waals surface area contributed by atoms with Gasteiger partial charge in [-0.25, -0.2) is 0 Å². The Labute approximate surface area is 106 Å². The predicted molar refractivity (Wildman–Crippen MR) is 71.7 cm³/mol. The number of nitrogens with zero attached hydrogens (tertiary/aromatic N) is 1. The number of aromatic nitrogens is 1. The molecule has 0 unspecified atom stereocenters. The number of carboxylic acid groups (broad SMARTS) is 1. The van der Waals surface area contributed by atoms with Crippen molar-refractivity contribution in [2.45, 2.75) is 32.6 Å². The Bertz CT molecular complexity index is 563. The van der Waals surface area contributed by atoms with Gasteiger partial charge in [0.15, 0.2) is 0 Å². The third-order valence-corrected chi connectivity index (χ3v) is 3.09. The van der Waals surface area contributed by atoms with Gasteiger partial charge in [0.2, 0.25) is 0 Å². The second-order valence-corrected chi connectivity index (χ2v) is 4.44. The highest BCUT2D eigenvalue weighted by Gasteiger charge is 2.08. The SMILES string of the molecule is CCCCc1nccc2c(CC(=O)O)cccc12. The summed E-state index contributed by atoms with van der Waals surface area (Å²) >= 11 is 0. The van der Waals surface area contributed by atoms with Crippen molar-refractivity contribution < 1.29 is 9.90 Å². The number of unbranched alkanes of at least 4 members (excludes halogenated alkanes) is 1. The lowest BCUT2D eigenvalue weighted by Crippen LogP contribution is -2.01. The van der Waals surface area contributed by atoms with Gasteiger partial charge in [-0.2, -0.15) is 0 Å². The molecule has 0 aliphatic heterocycles. The highest BCUT2D eigenvalue weighted by Crippen LogP contribution is 2.22. The van der Waals surface area contributed by atoms with E-state index in [0.717, 1.165) is 41.3 Å². The van der Waals surface area contributed by atoms with Crippen LogP contribution < -0.4 is 0 Å². The summed E-state index contributed by atoms with van der Waals surface area (Å²) in [6, 6.07) is 7.72. The molecule has 0 fully saturated rings. The minimum absolute atomic E-state index is 0.0641. The number of pyridine rings is 1. The van der Waals surface area contributed by atoms with Crippen molar-refractivity contribution in [2.75, 3.05) is 0 Å². The minimum Gasteiger partial charge on any atom is -0.481 e. The summed E-state index contributed by atoms with van der Waals surface area (Å²) in [6.45, 7) is 2.15. The van der Waals surface area contributed by atoms with Gasteiger partial charge >= 0.3 is 5.97 Å². The normalized spacial score (nSPS) is 10.7. The van der Waals surface area contributed by atoms with Crippen LogP contribution in [0.1, 0.15) is 31.0 Å². The molecule has 3 nitrogen and oxygen atoms in total. The summed E-state index contributed by atoms with van der Waals surface area (Å²) in [4.78, 5) is 15.3. The van der Waals surface area contributed by atoms with Crippen molar-refractivity contribution in [3.05, 3.63) is 41.7 Å². The van der Waals surface area contributed by atoms with Gasteiger partial charge in [0.25, 0.3) is 0 Å². The van der Waals surface area contributed by atoms with E-state index in [0.29, 0.717) is 0 Å². The maximum atomic E-state index is 10.9. The van der Waals surface area contributed by atoms with Gasteiger partial charge in [0.1, 0.15) is 0 Å².